The van der Waals surface area contributed by atoms with Gasteiger partial charge in [0.15, 0.2) is 0 Å². The average Bonchev–Trinajstić information content (AvgIpc) is 2.16. The van der Waals surface area contributed by atoms with Crippen LogP contribution in [0.2, 0.25) is 0 Å². The topological polar surface area (TPSA) is 43.4 Å². The smallest absolute Gasteiger partial charge is 0.349 e. The molecule has 0 bridgehead atoms. The molecule has 0 rings (SSSR count). The predicted octanol–water partition coefficient (Wildman–Crippen LogP) is 2.53. The molecule has 0 unspecified atom stereocenters. The van der Waals surface area contributed by atoms with Crippen LogP contribution in [-0.2, 0) is 14.3 Å². The van der Waals surface area contributed by atoms with Crippen LogP contribution < -0.4 is 0 Å². The molecule has 0 amide bonds. The van der Waals surface area contributed by atoms with Gasteiger partial charge in [-0.3, -0.25) is 0 Å². The molecule has 0 aliphatic carbocycles. The summed E-state index contributed by atoms with van der Waals surface area (Å²) in [4.78, 5) is 22.3. The molecule has 0 radical (unpaired) electrons. The molecule has 0 fully saturated rings. The Morgan fingerprint density at radius 2 is 1.73 bits per heavy atom. The van der Waals surface area contributed by atoms with E-state index in [9.17, 15) is 9.59 Å². The molecule has 0 spiro atoms. The van der Waals surface area contributed by atoms with E-state index in [0.29, 0.717) is 5.57 Å². The Morgan fingerprint density at radius 3 is 2.13 bits per heavy atom. The van der Waals surface area contributed by atoms with Crippen molar-refractivity contribution in [3.05, 3.63) is 29.0 Å². The van der Waals surface area contributed by atoms with Crippen molar-refractivity contribution in [3.8, 4) is 0 Å². The van der Waals surface area contributed by atoms with Gasteiger partial charge in [-0.25, -0.2) is 9.59 Å². The van der Waals surface area contributed by atoms with Crippen molar-refractivity contribution in [1.82, 2.24) is 0 Å². The van der Waals surface area contributed by atoms with Crippen LogP contribution in [0, 0.1) is 0 Å². The second-order valence-electron chi connectivity index (χ2n) is 3.34. The summed E-state index contributed by atoms with van der Waals surface area (Å²) >= 11 is 0. The highest BCUT2D eigenvalue weighted by Gasteiger charge is 2.12. The van der Waals surface area contributed by atoms with Gasteiger partial charge in [0.25, 0.3) is 0 Å². The first-order valence-corrected chi connectivity index (χ1v) is 4.73. The Balaban J connectivity index is 4.69. The van der Waals surface area contributed by atoms with E-state index < -0.39 is 11.9 Å². The summed E-state index contributed by atoms with van der Waals surface area (Å²) in [5.41, 5.74) is 4.28. The third kappa shape index (κ3) is 4.99. The van der Waals surface area contributed by atoms with Crippen LogP contribution in [0.5, 0.6) is 0 Å². The zero-order chi connectivity index (χ0) is 12.0. The molecule has 3 heteroatoms. The molecule has 0 saturated carbocycles. The van der Waals surface area contributed by atoms with Gasteiger partial charge in [-0.15, -0.1) is 5.73 Å². The van der Waals surface area contributed by atoms with Crippen molar-refractivity contribution in [2.75, 3.05) is 0 Å². The Morgan fingerprint density at radius 1 is 1.20 bits per heavy atom. The standard InChI is InChI=1S/C12H16O3/c1-6-9(4)7-10(5)12(14)15-11(13)8(2)3/h2,6H2,1,3-5H3. The van der Waals surface area contributed by atoms with Gasteiger partial charge in [0, 0.05) is 5.57 Å². The molecule has 0 aromatic heterocycles. The lowest BCUT2D eigenvalue weighted by Crippen LogP contribution is -2.13. The summed E-state index contributed by atoms with van der Waals surface area (Å²) in [6.45, 7) is 10.3. The van der Waals surface area contributed by atoms with Gasteiger partial charge >= 0.3 is 11.9 Å². The molecule has 82 valence electrons. The van der Waals surface area contributed by atoms with Gasteiger partial charge in [-0.05, 0) is 32.8 Å². The highest BCUT2D eigenvalue weighted by Crippen LogP contribution is 2.02. The van der Waals surface area contributed by atoms with Gasteiger partial charge in [-0.1, -0.05) is 13.5 Å². The van der Waals surface area contributed by atoms with Gasteiger partial charge in [0.05, 0.1) is 5.57 Å². The van der Waals surface area contributed by atoms with Crippen molar-refractivity contribution < 1.29 is 14.3 Å². The summed E-state index contributed by atoms with van der Waals surface area (Å²) in [5, 5.41) is 0. The van der Waals surface area contributed by atoms with Gasteiger partial charge in [-0.2, -0.15) is 0 Å². The van der Waals surface area contributed by atoms with E-state index in [2.05, 4.69) is 17.0 Å². The maximum atomic E-state index is 11.3. The highest BCUT2D eigenvalue weighted by atomic mass is 16.6. The summed E-state index contributed by atoms with van der Waals surface area (Å²) < 4.78 is 4.53. The van der Waals surface area contributed by atoms with Crippen molar-refractivity contribution in [2.24, 2.45) is 0 Å². The normalized spacial score (nSPS) is 8.80. The van der Waals surface area contributed by atoms with E-state index in [1.165, 1.54) is 6.92 Å². The third-order valence-electron chi connectivity index (χ3n) is 1.77. The Bertz CT molecular complexity index is 355. The van der Waals surface area contributed by atoms with Crippen molar-refractivity contribution in [2.45, 2.75) is 34.1 Å². The summed E-state index contributed by atoms with van der Waals surface area (Å²) in [6, 6.07) is 0. The maximum Gasteiger partial charge on any atom is 0.349 e. The first kappa shape index (κ1) is 13.4. The SMILES string of the molecule is C=C(C)C(=O)OC(=O)C(C)=C=C(C)CC. The fourth-order valence-electron chi connectivity index (χ4n) is 0.707. The lowest BCUT2D eigenvalue weighted by atomic mass is 10.2. The monoisotopic (exact) mass is 208 g/mol. The summed E-state index contributed by atoms with van der Waals surface area (Å²) in [6.07, 6.45) is 0.805. The fourth-order valence-corrected chi connectivity index (χ4v) is 0.707. The summed E-state index contributed by atoms with van der Waals surface area (Å²) in [5.74, 6) is -1.37. The van der Waals surface area contributed by atoms with E-state index in [0.717, 1.165) is 12.0 Å². The number of rotatable bonds is 3. The van der Waals surface area contributed by atoms with Crippen LogP contribution in [0.15, 0.2) is 29.0 Å². The number of hydrogen-bond acceptors (Lipinski definition) is 3. The minimum Gasteiger partial charge on any atom is -0.386 e. The van der Waals surface area contributed by atoms with Crippen LogP contribution in [0.25, 0.3) is 0 Å². The molecule has 15 heavy (non-hydrogen) atoms. The Hall–Kier alpha value is -1.60. The lowest BCUT2D eigenvalue weighted by Gasteiger charge is -2.00. The average molecular weight is 208 g/mol. The Labute approximate surface area is 90.1 Å². The molecule has 3 nitrogen and oxygen atoms in total. The summed E-state index contributed by atoms with van der Waals surface area (Å²) in [7, 11) is 0. The molecule has 0 aromatic rings. The zero-order valence-corrected chi connectivity index (χ0v) is 9.64. The number of carbonyl (C=O) groups excluding carboxylic acids is 2. The molecule has 0 atom stereocenters. The molecule has 0 aromatic carbocycles. The van der Waals surface area contributed by atoms with Crippen LogP contribution in [-0.4, -0.2) is 11.9 Å². The van der Waals surface area contributed by atoms with Crippen LogP contribution in [0.3, 0.4) is 0 Å². The lowest BCUT2D eigenvalue weighted by molar-refractivity contribution is -0.153. The quantitative estimate of drug-likeness (QED) is 0.310. The van der Waals surface area contributed by atoms with E-state index >= 15 is 0 Å². The first-order valence-electron chi connectivity index (χ1n) is 4.73. The molecular formula is C12H16O3. The van der Waals surface area contributed by atoms with Gasteiger partial charge < -0.3 is 4.74 Å². The minimum atomic E-state index is -0.699. The predicted molar refractivity (Wildman–Crippen MR) is 58.1 cm³/mol. The van der Waals surface area contributed by atoms with Crippen LogP contribution in [0.1, 0.15) is 34.1 Å². The number of esters is 2. The van der Waals surface area contributed by atoms with E-state index in [1.807, 2.05) is 13.8 Å². The molecule has 0 aliphatic heterocycles. The second kappa shape index (κ2) is 5.99. The number of carbonyl (C=O) groups is 2. The largest absolute Gasteiger partial charge is 0.386 e. The molecule has 0 heterocycles. The maximum absolute atomic E-state index is 11.3. The van der Waals surface area contributed by atoms with Crippen molar-refractivity contribution in [3.63, 3.8) is 0 Å². The van der Waals surface area contributed by atoms with Crippen molar-refractivity contribution in [1.29, 1.82) is 0 Å². The molecule has 0 N–H and O–H groups in total. The molecule has 0 aliphatic rings. The van der Waals surface area contributed by atoms with Crippen LogP contribution in [0.4, 0.5) is 0 Å². The third-order valence-corrected chi connectivity index (χ3v) is 1.77. The van der Waals surface area contributed by atoms with Crippen molar-refractivity contribution >= 4 is 11.9 Å². The molecular weight excluding hydrogens is 192 g/mol. The highest BCUT2D eigenvalue weighted by molar-refractivity contribution is 6.00. The Kier molecular flexibility index (Phi) is 5.35. The zero-order valence-electron chi connectivity index (χ0n) is 9.64. The minimum absolute atomic E-state index is 0.201. The van der Waals surface area contributed by atoms with E-state index in [-0.39, 0.29) is 5.57 Å². The number of hydrogen-bond donors (Lipinski definition) is 0. The fraction of sp³-hybridized carbons (Fsp3) is 0.417. The number of ether oxygens (including phenoxy) is 1. The van der Waals surface area contributed by atoms with E-state index in [1.54, 1.807) is 6.92 Å². The van der Waals surface area contributed by atoms with Crippen LogP contribution >= 0.6 is 0 Å². The van der Waals surface area contributed by atoms with E-state index in [4.69, 9.17) is 0 Å². The van der Waals surface area contributed by atoms with Gasteiger partial charge in [0.1, 0.15) is 0 Å². The first-order chi connectivity index (χ1) is 6.88. The van der Waals surface area contributed by atoms with Gasteiger partial charge in [0.2, 0.25) is 0 Å². The molecule has 0 saturated heterocycles. The second-order valence-corrected chi connectivity index (χ2v) is 3.34.